The summed E-state index contributed by atoms with van der Waals surface area (Å²) in [5.74, 6) is 0. The average molecular weight is 432 g/mol. The van der Waals surface area contributed by atoms with Gasteiger partial charge in [-0.1, -0.05) is 47.3 Å². The van der Waals surface area contributed by atoms with Crippen LogP contribution in [0.5, 0.6) is 0 Å². The highest BCUT2D eigenvalue weighted by Crippen LogP contribution is 2.31. The van der Waals surface area contributed by atoms with E-state index in [2.05, 4.69) is 4.99 Å². The molecule has 138 valence electrons. The van der Waals surface area contributed by atoms with E-state index >= 15 is 0 Å². The maximum absolute atomic E-state index is 12.8. The lowest BCUT2D eigenvalue weighted by Crippen LogP contribution is -2.35. The highest BCUT2D eigenvalue weighted by atomic mass is 35.5. The molecule has 1 aliphatic rings. The Bertz CT molecular complexity index is 919. The minimum Gasteiger partial charge on any atom is -0.255 e. The summed E-state index contributed by atoms with van der Waals surface area (Å²) in [4.78, 5) is 4.49. The van der Waals surface area contributed by atoms with E-state index in [1.165, 1.54) is 22.7 Å². The third-order valence-electron chi connectivity index (χ3n) is 4.20. The van der Waals surface area contributed by atoms with E-state index in [1.807, 2.05) is 0 Å². The predicted octanol–water partition coefficient (Wildman–Crippen LogP) is 5.57. The second-order valence-corrected chi connectivity index (χ2v) is 9.13. The van der Waals surface area contributed by atoms with Gasteiger partial charge in [-0.05, 0) is 43.2 Å². The van der Waals surface area contributed by atoms with E-state index < -0.39 is 10.0 Å². The molecule has 2 aromatic rings. The zero-order valence-electron chi connectivity index (χ0n) is 13.8. The van der Waals surface area contributed by atoms with Gasteiger partial charge < -0.3 is 0 Å². The maximum atomic E-state index is 12.8. The van der Waals surface area contributed by atoms with Crippen LogP contribution in [0.25, 0.3) is 0 Å². The molecule has 4 nitrogen and oxygen atoms in total. The van der Waals surface area contributed by atoms with E-state index in [4.69, 9.17) is 34.8 Å². The highest BCUT2D eigenvalue weighted by molar-refractivity contribution is 7.89. The zero-order valence-corrected chi connectivity index (χ0v) is 16.9. The Balaban J connectivity index is 1.94. The molecule has 0 N–H and O–H groups in total. The van der Waals surface area contributed by atoms with Crippen molar-refractivity contribution in [1.29, 1.82) is 0 Å². The van der Waals surface area contributed by atoms with Crippen molar-refractivity contribution in [2.24, 2.45) is 4.99 Å². The number of halogens is 3. The number of sulfonamides is 1. The number of benzene rings is 2. The molecule has 0 aliphatic carbocycles. The van der Waals surface area contributed by atoms with Gasteiger partial charge in [-0.2, -0.15) is 4.31 Å². The number of rotatable bonds is 4. The minimum absolute atomic E-state index is 0.182. The van der Waals surface area contributed by atoms with Gasteiger partial charge in [0.2, 0.25) is 10.0 Å². The van der Waals surface area contributed by atoms with E-state index in [1.54, 1.807) is 24.3 Å². The molecule has 2 aromatic carbocycles. The lowest BCUT2D eigenvalue weighted by Gasteiger charge is -2.26. The Morgan fingerprint density at radius 1 is 0.923 bits per heavy atom. The van der Waals surface area contributed by atoms with Crippen LogP contribution in [0.4, 0.5) is 5.69 Å². The number of piperidine rings is 1. The van der Waals surface area contributed by atoms with Gasteiger partial charge in [-0.25, -0.2) is 8.42 Å². The molecule has 0 radical (unpaired) electrons. The van der Waals surface area contributed by atoms with Crippen LogP contribution in [0.15, 0.2) is 46.3 Å². The first-order valence-electron chi connectivity index (χ1n) is 8.17. The van der Waals surface area contributed by atoms with Crippen LogP contribution in [-0.4, -0.2) is 32.0 Å². The summed E-state index contributed by atoms with van der Waals surface area (Å²) >= 11 is 18.4. The zero-order chi connectivity index (χ0) is 18.7. The van der Waals surface area contributed by atoms with Gasteiger partial charge >= 0.3 is 0 Å². The van der Waals surface area contributed by atoms with Gasteiger partial charge in [0.05, 0.1) is 25.7 Å². The van der Waals surface area contributed by atoms with Crippen molar-refractivity contribution in [1.82, 2.24) is 4.31 Å². The number of hydrogen-bond acceptors (Lipinski definition) is 3. The summed E-state index contributed by atoms with van der Waals surface area (Å²) < 4.78 is 27.2. The van der Waals surface area contributed by atoms with E-state index in [0.29, 0.717) is 39.4 Å². The monoisotopic (exact) mass is 430 g/mol. The number of hydrogen-bond donors (Lipinski definition) is 0. The predicted molar refractivity (Wildman–Crippen MR) is 108 cm³/mol. The van der Waals surface area contributed by atoms with Crippen LogP contribution in [0.3, 0.4) is 0 Å². The molecule has 0 aromatic heterocycles. The molecule has 1 saturated heterocycles. The first-order valence-corrected chi connectivity index (χ1v) is 10.7. The molecular formula is C18H17Cl3N2O2S. The Kier molecular flexibility index (Phi) is 6.25. The Morgan fingerprint density at radius 3 is 2.23 bits per heavy atom. The summed E-state index contributed by atoms with van der Waals surface area (Å²) in [6, 6.07) is 9.67. The molecule has 1 fully saturated rings. The van der Waals surface area contributed by atoms with Crippen LogP contribution in [0.2, 0.25) is 15.1 Å². The lowest BCUT2D eigenvalue weighted by atomic mass is 10.2. The second kappa shape index (κ2) is 8.28. The quantitative estimate of drug-likeness (QED) is 0.594. The molecule has 1 heterocycles. The van der Waals surface area contributed by atoms with Crippen LogP contribution >= 0.6 is 34.8 Å². The first kappa shape index (κ1) is 19.6. The van der Waals surface area contributed by atoms with Crippen LogP contribution in [0.1, 0.15) is 24.8 Å². The van der Waals surface area contributed by atoms with Crippen molar-refractivity contribution in [3.05, 3.63) is 57.0 Å². The van der Waals surface area contributed by atoms with Gasteiger partial charge in [0.25, 0.3) is 0 Å². The standard InChI is InChI=1S/C18H17Cl3N2O2S/c19-15-5-4-6-16(20)14(15)12-22-18-11-13(7-8-17(18)21)26(24,25)23-9-2-1-3-10-23/h4-8,11-12H,1-3,9-10H2. The number of aliphatic imine (C=N–C) groups is 1. The molecule has 0 saturated carbocycles. The molecule has 0 bridgehead atoms. The van der Waals surface area contributed by atoms with Gasteiger partial charge in [-0.3, -0.25) is 4.99 Å². The molecule has 1 aliphatic heterocycles. The molecule has 0 amide bonds. The van der Waals surface area contributed by atoms with Crippen molar-refractivity contribution in [2.75, 3.05) is 13.1 Å². The van der Waals surface area contributed by atoms with Crippen molar-refractivity contribution in [2.45, 2.75) is 24.2 Å². The summed E-state index contributed by atoms with van der Waals surface area (Å²) in [5.41, 5.74) is 0.900. The van der Waals surface area contributed by atoms with E-state index in [9.17, 15) is 8.42 Å². The molecule has 26 heavy (non-hydrogen) atoms. The molecule has 8 heteroatoms. The second-order valence-electron chi connectivity index (χ2n) is 5.97. The van der Waals surface area contributed by atoms with Crippen molar-refractivity contribution >= 4 is 56.7 Å². The smallest absolute Gasteiger partial charge is 0.243 e. The molecule has 0 spiro atoms. The van der Waals surface area contributed by atoms with Crippen LogP contribution in [0, 0.1) is 0 Å². The molecule has 0 unspecified atom stereocenters. The Labute approximate surface area is 168 Å². The Hall–Kier alpha value is -1.11. The van der Waals surface area contributed by atoms with Crippen molar-refractivity contribution in [3.8, 4) is 0 Å². The van der Waals surface area contributed by atoms with Gasteiger partial charge in [0.1, 0.15) is 0 Å². The fourth-order valence-corrected chi connectivity index (χ4v) is 4.97. The SMILES string of the molecule is O=S(=O)(c1ccc(Cl)c(N=Cc2c(Cl)cccc2Cl)c1)N1CCCCC1. The summed E-state index contributed by atoms with van der Waals surface area (Å²) in [6.45, 7) is 1.08. The maximum Gasteiger partial charge on any atom is 0.243 e. The third-order valence-corrected chi connectivity index (χ3v) is 7.08. The van der Waals surface area contributed by atoms with Crippen LogP contribution < -0.4 is 0 Å². The van der Waals surface area contributed by atoms with Gasteiger partial charge in [-0.15, -0.1) is 0 Å². The summed E-state index contributed by atoms with van der Waals surface area (Å²) in [7, 11) is -3.55. The average Bonchev–Trinajstić information content (AvgIpc) is 2.63. The van der Waals surface area contributed by atoms with Crippen molar-refractivity contribution < 1.29 is 8.42 Å². The van der Waals surface area contributed by atoms with E-state index in [-0.39, 0.29) is 4.90 Å². The minimum atomic E-state index is -3.55. The fraction of sp³-hybridized carbons (Fsp3) is 0.278. The molecule has 3 rings (SSSR count). The number of nitrogens with zero attached hydrogens (tertiary/aromatic N) is 2. The topological polar surface area (TPSA) is 49.7 Å². The summed E-state index contributed by atoms with van der Waals surface area (Å²) in [6.07, 6.45) is 4.30. The first-order chi connectivity index (χ1) is 12.4. The van der Waals surface area contributed by atoms with Gasteiger partial charge in [0.15, 0.2) is 0 Å². The normalized spacial score (nSPS) is 16.3. The lowest BCUT2D eigenvalue weighted by molar-refractivity contribution is 0.346. The van der Waals surface area contributed by atoms with Crippen LogP contribution in [-0.2, 0) is 10.0 Å². The molecule has 0 atom stereocenters. The Morgan fingerprint density at radius 2 is 1.58 bits per heavy atom. The summed E-state index contributed by atoms with van der Waals surface area (Å²) in [5, 5.41) is 1.26. The highest BCUT2D eigenvalue weighted by Gasteiger charge is 2.26. The van der Waals surface area contributed by atoms with E-state index in [0.717, 1.165) is 19.3 Å². The van der Waals surface area contributed by atoms with Crippen molar-refractivity contribution in [3.63, 3.8) is 0 Å². The fourth-order valence-electron chi connectivity index (χ4n) is 2.77. The largest absolute Gasteiger partial charge is 0.255 e. The van der Waals surface area contributed by atoms with Gasteiger partial charge in [0, 0.05) is 24.9 Å². The third kappa shape index (κ3) is 4.24. The molecular weight excluding hydrogens is 415 g/mol.